The Morgan fingerprint density at radius 1 is 1.31 bits per heavy atom. The molecule has 0 atom stereocenters. The van der Waals surface area contributed by atoms with Crippen LogP contribution in [0.5, 0.6) is 0 Å². The van der Waals surface area contributed by atoms with E-state index >= 15 is 0 Å². The van der Waals surface area contributed by atoms with Crippen LogP contribution >= 0.6 is 27.3 Å². The highest BCUT2D eigenvalue weighted by Crippen LogP contribution is 2.33. The smallest absolute Gasteiger partial charge is 0.134 e. The van der Waals surface area contributed by atoms with Gasteiger partial charge in [0.1, 0.15) is 11.1 Å². The number of hydrogen-bond donors (Lipinski definition) is 0. The van der Waals surface area contributed by atoms with Crippen molar-refractivity contribution < 1.29 is 0 Å². The summed E-state index contributed by atoms with van der Waals surface area (Å²) in [6.07, 6.45) is 1.76. The summed E-state index contributed by atoms with van der Waals surface area (Å²) in [4.78, 5) is 4.31. The fourth-order valence-corrected chi connectivity index (χ4v) is 2.57. The minimum atomic E-state index is 0.601. The number of aliphatic imine (C=N–C) groups is 1. The first-order chi connectivity index (χ1) is 7.79. The van der Waals surface area contributed by atoms with Gasteiger partial charge in [-0.25, -0.2) is 4.99 Å². The van der Waals surface area contributed by atoms with Gasteiger partial charge in [0.15, 0.2) is 0 Å². The van der Waals surface area contributed by atoms with Crippen LogP contribution in [0.4, 0.5) is 5.00 Å². The standard InChI is InChI=1S/C12H7BrN2S/c13-11-6-10(7-14)12(16-11)15-8-9-4-2-1-3-5-9/h1-6,8H. The third kappa shape index (κ3) is 2.57. The SMILES string of the molecule is N#Cc1cc(Br)sc1N=Cc1ccccc1. The Balaban J connectivity index is 2.28. The van der Waals surface area contributed by atoms with Crippen LogP contribution in [0.2, 0.25) is 0 Å². The van der Waals surface area contributed by atoms with Crippen molar-refractivity contribution in [3.05, 3.63) is 51.3 Å². The van der Waals surface area contributed by atoms with Crippen molar-refractivity contribution in [3.8, 4) is 6.07 Å². The van der Waals surface area contributed by atoms with Crippen molar-refractivity contribution in [2.45, 2.75) is 0 Å². The second kappa shape index (κ2) is 5.06. The van der Waals surface area contributed by atoms with Crippen LogP contribution in [-0.4, -0.2) is 6.21 Å². The predicted molar refractivity (Wildman–Crippen MR) is 70.4 cm³/mol. The third-order valence-electron chi connectivity index (χ3n) is 1.93. The lowest BCUT2D eigenvalue weighted by Gasteiger charge is -1.90. The molecule has 1 aromatic carbocycles. The molecule has 2 nitrogen and oxygen atoms in total. The number of hydrogen-bond acceptors (Lipinski definition) is 3. The summed E-state index contributed by atoms with van der Waals surface area (Å²) < 4.78 is 0.921. The number of nitriles is 1. The van der Waals surface area contributed by atoms with Gasteiger partial charge in [-0.05, 0) is 27.6 Å². The maximum atomic E-state index is 8.89. The van der Waals surface area contributed by atoms with Gasteiger partial charge in [-0.1, -0.05) is 30.3 Å². The minimum Gasteiger partial charge on any atom is -0.244 e. The van der Waals surface area contributed by atoms with E-state index < -0.39 is 0 Å². The lowest BCUT2D eigenvalue weighted by atomic mass is 10.2. The number of nitrogens with zero attached hydrogens (tertiary/aromatic N) is 2. The predicted octanol–water partition coefficient (Wildman–Crippen LogP) is 4.13. The van der Waals surface area contributed by atoms with Crippen molar-refractivity contribution in [3.63, 3.8) is 0 Å². The molecular formula is C12H7BrN2S. The lowest BCUT2D eigenvalue weighted by molar-refractivity contribution is 1.49. The molecule has 0 fully saturated rings. The normalized spacial score (nSPS) is 10.5. The summed E-state index contributed by atoms with van der Waals surface area (Å²) >= 11 is 4.80. The summed E-state index contributed by atoms with van der Waals surface area (Å²) in [6.45, 7) is 0. The molecular weight excluding hydrogens is 284 g/mol. The maximum absolute atomic E-state index is 8.89. The highest BCUT2D eigenvalue weighted by Gasteiger charge is 2.04. The van der Waals surface area contributed by atoms with Gasteiger partial charge in [-0.15, -0.1) is 11.3 Å². The third-order valence-corrected chi connectivity index (χ3v) is 3.48. The molecule has 0 radical (unpaired) electrons. The summed E-state index contributed by atoms with van der Waals surface area (Å²) in [7, 11) is 0. The van der Waals surface area contributed by atoms with Gasteiger partial charge in [0.2, 0.25) is 0 Å². The Morgan fingerprint density at radius 2 is 2.06 bits per heavy atom. The van der Waals surface area contributed by atoms with Crippen LogP contribution in [0.3, 0.4) is 0 Å². The van der Waals surface area contributed by atoms with Crippen molar-refractivity contribution in [1.29, 1.82) is 5.26 Å². The average Bonchev–Trinajstić information content (AvgIpc) is 2.68. The lowest BCUT2D eigenvalue weighted by Crippen LogP contribution is -1.77. The summed E-state index contributed by atoms with van der Waals surface area (Å²) in [5.41, 5.74) is 1.62. The van der Waals surface area contributed by atoms with E-state index in [0.717, 1.165) is 14.4 Å². The van der Waals surface area contributed by atoms with Gasteiger partial charge in [-0.2, -0.15) is 5.26 Å². The first-order valence-electron chi connectivity index (χ1n) is 4.58. The van der Waals surface area contributed by atoms with Gasteiger partial charge in [-0.3, -0.25) is 0 Å². The maximum Gasteiger partial charge on any atom is 0.134 e. The first kappa shape index (κ1) is 11.1. The molecule has 2 aromatic rings. The molecule has 0 unspecified atom stereocenters. The number of benzene rings is 1. The minimum absolute atomic E-state index is 0.601. The molecule has 78 valence electrons. The second-order valence-corrected chi connectivity index (χ2v) is 5.46. The molecule has 0 spiro atoms. The summed E-state index contributed by atoms with van der Waals surface area (Å²) in [5.74, 6) is 0. The zero-order chi connectivity index (χ0) is 11.4. The Hall–Kier alpha value is -1.44. The largest absolute Gasteiger partial charge is 0.244 e. The van der Waals surface area contributed by atoms with E-state index in [1.54, 1.807) is 12.3 Å². The van der Waals surface area contributed by atoms with Crippen LogP contribution in [-0.2, 0) is 0 Å². The topological polar surface area (TPSA) is 36.1 Å². The molecule has 1 aromatic heterocycles. The quantitative estimate of drug-likeness (QED) is 0.766. The molecule has 0 saturated carbocycles. The Bertz CT molecular complexity index is 552. The molecule has 0 aliphatic heterocycles. The van der Waals surface area contributed by atoms with Gasteiger partial charge in [0, 0.05) is 6.21 Å². The molecule has 2 rings (SSSR count). The van der Waals surface area contributed by atoms with E-state index in [9.17, 15) is 0 Å². The zero-order valence-electron chi connectivity index (χ0n) is 8.22. The van der Waals surface area contributed by atoms with Crippen molar-refractivity contribution in [2.75, 3.05) is 0 Å². The van der Waals surface area contributed by atoms with Crippen molar-refractivity contribution in [2.24, 2.45) is 4.99 Å². The molecule has 0 aliphatic rings. The van der Waals surface area contributed by atoms with E-state index in [1.807, 2.05) is 30.3 Å². The molecule has 16 heavy (non-hydrogen) atoms. The first-order valence-corrected chi connectivity index (χ1v) is 6.19. The van der Waals surface area contributed by atoms with E-state index in [0.29, 0.717) is 5.56 Å². The highest BCUT2D eigenvalue weighted by molar-refractivity contribution is 9.11. The van der Waals surface area contributed by atoms with Crippen LogP contribution in [0.25, 0.3) is 0 Å². The van der Waals surface area contributed by atoms with Crippen LogP contribution in [0.15, 0.2) is 45.2 Å². The fourth-order valence-electron chi connectivity index (χ4n) is 1.20. The Kier molecular flexibility index (Phi) is 3.50. The summed E-state index contributed by atoms with van der Waals surface area (Å²) in [5, 5.41) is 9.63. The zero-order valence-corrected chi connectivity index (χ0v) is 10.6. The van der Waals surface area contributed by atoms with Gasteiger partial charge < -0.3 is 0 Å². The van der Waals surface area contributed by atoms with Crippen molar-refractivity contribution >= 4 is 38.5 Å². The number of thiophene rings is 1. The molecule has 0 amide bonds. The van der Waals surface area contributed by atoms with E-state index in [2.05, 4.69) is 27.0 Å². The fraction of sp³-hybridized carbons (Fsp3) is 0. The van der Waals surface area contributed by atoms with Crippen LogP contribution in [0.1, 0.15) is 11.1 Å². The monoisotopic (exact) mass is 290 g/mol. The summed E-state index contributed by atoms with van der Waals surface area (Å²) in [6, 6.07) is 13.7. The highest BCUT2D eigenvalue weighted by atomic mass is 79.9. The molecule has 0 saturated heterocycles. The Morgan fingerprint density at radius 3 is 2.75 bits per heavy atom. The number of halogens is 1. The van der Waals surface area contributed by atoms with Crippen LogP contribution < -0.4 is 0 Å². The molecule has 0 bridgehead atoms. The molecule has 4 heteroatoms. The average molecular weight is 291 g/mol. The number of rotatable bonds is 2. The second-order valence-electron chi connectivity index (χ2n) is 3.05. The van der Waals surface area contributed by atoms with E-state index in [1.165, 1.54) is 11.3 Å². The van der Waals surface area contributed by atoms with Gasteiger partial charge in [0.05, 0.1) is 9.35 Å². The van der Waals surface area contributed by atoms with Gasteiger partial charge >= 0.3 is 0 Å². The van der Waals surface area contributed by atoms with E-state index in [4.69, 9.17) is 5.26 Å². The van der Waals surface area contributed by atoms with Crippen LogP contribution in [0, 0.1) is 11.3 Å². The van der Waals surface area contributed by atoms with E-state index in [-0.39, 0.29) is 0 Å². The van der Waals surface area contributed by atoms with Gasteiger partial charge in [0.25, 0.3) is 0 Å². The molecule has 1 heterocycles. The van der Waals surface area contributed by atoms with Crippen molar-refractivity contribution in [1.82, 2.24) is 0 Å². The molecule has 0 aliphatic carbocycles. The molecule has 0 N–H and O–H groups in total. The Labute approximate surface area is 106 Å².